The van der Waals surface area contributed by atoms with Gasteiger partial charge in [0, 0.05) is 25.2 Å². The van der Waals surface area contributed by atoms with Crippen LogP contribution in [0.15, 0.2) is 24.3 Å². The van der Waals surface area contributed by atoms with E-state index < -0.39 is 0 Å². The van der Waals surface area contributed by atoms with Gasteiger partial charge in [-0.15, -0.1) is 0 Å². The minimum Gasteiger partial charge on any atom is -0.326 e. The topological polar surface area (TPSA) is 41.1 Å². The number of hydrogen-bond acceptors (Lipinski definition) is 2. The Hall–Kier alpha value is -1.35. The number of benzene rings is 1. The molecule has 3 unspecified atom stereocenters. The Labute approximate surface area is 122 Å². The number of carbonyl (C=O) groups is 1. The van der Waals surface area contributed by atoms with Gasteiger partial charge in [-0.05, 0) is 42.7 Å². The molecular weight excluding hydrogens is 248 g/mol. The Kier molecular flexibility index (Phi) is 5.18. The van der Waals surface area contributed by atoms with Gasteiger partial charge in [0.05, 0.1) is 0 Å². The SMILES string of the molecule is CC(=O)Nc1ccccc1CNC1CCC(C)C(C)C1. The standard InChI is InChI=1S/C17H26N2O/c1-12-8-9-16(10-13(12)2)18-11-15-6-4-5-7-17(15)19-14(3)20/h4-7,12-13,16,18H,8-11H2,1-3H3,(H,19,20). The van der Waals surface area contributed by atoms with Crippen LogP contribution in [0.4, 0.5) is 5.69 Å². The third-order valence-corrected chi connectivity index (χ3v) is 4.51. The molecule has 20 heavy (non-hydrogen) atoms. The molecule has 0 radical (unpaired) electrons. The molecule has 1 fully saturated rings. The van der Waals surface area contributed by atoms with Crippen LogP contribution in [0.5, 0.6) is 0 Å². The maximum atomic E-state index is 11.2. The van der Waals surface area contributed by atoms with Gasteiger partial charge < -0.3 is 10.6 Å². The summed E-state index contributed by atoms with van der Waals surface area (Å²) in [5.41, 5.74) is 2.08. The van der Waals surface area contributed by atoms with Gasteiger partial charge in [0.15, 0.2) is 0 Å². The highest BCUT2D eigenvalue weighted by atomic mass is 16.1. The summed E-state index contributed by atoms with van der Waals surface area (Å²) in [6, 6.07) is 8.62. The molecule has 0 saturated heterocycles. The van der Waals surface area contributed by atoms with Gasteiger partial charge in [-0.3, -0.25) is 4.79 Å². The van der Waals surface area contributed by atoms with E-state index in [1.54, 1.807) is 6.92 Å². The third kappa shape index (κ3) is 4.07. The summed E-state index contributed by atoms with van der Waals surface area (Å²) in [4.78, 5) is 11.2. The Morgan fingerprint density at radius 1 is 1.20 bits per heavy atom. The van der Waals surface area contributed by atoms with Gasteiger partial charge in [0.25, 0.3) is 0 Å². The maximum Gasteiger partial charge on any atom is 0.221 e. The molecule has 3 heteroatoms. The number of nitrogens with one attached hydrogen (secondary N) is 2. The van der Waals surface area contributed by atoms with E-state index in [9.17, 15) is 4.79 Å². The molecular formula is C17H26N2O. The number of hydrogen-bond donors (Lipinski definition) is 2. The van der Waals surface area contributed by atoms with Crippen molar-refractivity contribution >= 4 is 11.6 Å². The van der Waals surface area contributed by atoms with Gasteiger partial charge in [-0.2, -0.15) is 0 Å². The number of carbonyl (C=O) groups excluding carboxylic acids is 1. The van der Waals surface area contributed by atoms with E-state index in [1.807, 2.05) is 18.2 Å². The highest BCUT2D eigenvalue weighted by Gasteiger charge is 2.24. The normalized spacial score (nSPS) is 26.2. The zero-order valence-electron chi connectivity index (χ0n) is 12.8. The van der Waals surface area contributed by atoms with Crippen molar-refractivity contribution in [2.45, 2.75) is 52.6 Å². The fourth-order valence-electron chi connectivity index (χ4n) is 2.97. The van der Waals surface area contributed by atoms with Crippen LogP contribution in [0, 0.1) is 11.8 Å². The van der Waals surface area contributed by atoms with Crippen LogP contribution in [0.25, 0.3) is 0 Å². The molecule has 110 valence electrons. The van der Waals surface area contributed by atoms with Crippen LogP contribution in [-0.4, -0.2) is 11.9 Å². The molecule has 1 aromatic carbocycles. The molecule has 0 aliphatic heterocycles. The van der Waals surface area contributed by atoms with E-state index in [2.05, 4.69) is 30.5 Å². The van der Waals surface area contributed by atoms with Gasteiger partial charge in [0.2, 0.25) is 5.91 Å². The Morgan fingerprint density at radius 3 is 2.65 bits per heavy atom. The predicted octanol–water partition coefficient (Wildman–Crippen LogP) is 3.56. The average molecular weight is 274 g/mol. The van der Waals surface area contributed by atoms with Crippen molar-refractivity contribution in [2.75, 3.05) is 5.32 Å². The highest BCUT2D eigenvalue weighted by Crippen LogP contribution is 2.29. The lowest BCUT2D eigenvalue weighted by molar-refractivity contribution is -0.114. The van der Waals surface area contributed by atoms with Gasteiger partial charge in [-0.25, -0.2) is 0 Å². The smallest absolute Gasteiger partial charge is 0.221 e. The number of rotatable bonds is 4. The first-order valence-corrected chi connectivity index (χ1v) is 7.65. The molecule has 3 nitrogen and oxygen atoms in total. The second-order valence-corrected chi connectivity index (χ2v) is 6.18. The molecule has 0 bridgehead atoms. The lowest BCUT2D eigenvalue weighted by Gasteiger charge is -2.32. The van der Waals surface area contributed by atoms with Gasteiger partial charge >= 0.3 is 0 Å². The molecule has 2 rings (SSSR count). The summed E-state index contributed by atoms with van der Waals surface area (Å²) in [6.07, 6.45) is 3.82. The van der Waals surface area contributed by atoms with Crippen molar-refractivity contribution in [3.63, 3.8) is 0 Å². The van der Waals surface area contributed by atoms with E-state index in [0.29, 0.717) is 6.04 Å². The first-order valence-electron chi connectivity index (χ1n) is 7.65. The van der Waals surface area contributed by atoms with Crippen molar-refractivity contribution in [1.82, 2.24) is 5.32 Å². The summed E-state index contributed by atoms with van der Waals surface area (Å²) in [7, 11) is 0. The van der Waals surface area contributed by atoms with Crippen molar-refractivity contribution in [3.8, 4) is 0 Å². The highest BCUT2D eigenvalue weighted by molar-refractivity contribution is 5.89. The molecule has 3 atom stereocenters. The maximum absolute atomic E-state index is 11.2. The molecule has 0 heterocycles. The van der Waals surface area contributed by atoms with Gasteiger partial charge in [0.1, 0.15) is 0 Å². The largest absolute Gasteiger partial charge is 0.326 e. The second kappa shape index (κ2) is 6.89. The quantitative estimate of drug-likeness (QED) is 0.881. The van der Waals surface area contributed by atoms with Crippen LogP contribution in [-0.2, 0) is 11.3 Å². The van der Waals surface area contributed by atoms with E-state index >= 15 is 0 Å². The second-order valence-electron chi connectivity index (χ2n) is 6.18. The van der Waals surface area contributed by atoms with Crippen molar-refractivity contribution in [3.05, 3.63) is 29.8 Å². The van der Waals surface area contributed by atoms with Crippen LogP contribution in [0.2, 0.25) is 0 Å². The van der Waals surface area contributed by atoms with Crippen LogP contribution in [0.1, 0.15) is 45.6 Å². The Morgan fingerprint density at radius 2 is 1.95 bits per heavy atom. The molecule has 1 saturated carbocycles. The fraction of sp³-hybridized carbons (Fsp3) is 0.588. The van der Waals surface area contributed by atoms with Crippen LogP contribution >= 0.6 is 0 Å². The third-order valence-electron chi connectivity index (χ3n) is 4.51. The van der Waals surface area contributed by atoms with E-state index in [4.69, 9.17) is 0 Å². The van der Waals surface area contributed by atoms with Crippen molar-refractivity contribution in [2.24, 2.45) is 11.8 Å². The van der Waals surface area contributed by atoms with Gasteiger partial charge in [-0.1, -0.05) is 32.0 Å². The molecule has 0 aromatic heterocycles. The molecule has 1 amide bonds. The zero-order chi connectivity index (χ0) is 14.5. The summed E-state index contributed by atoms with van der Waals surface area (Å²) in [5.74, 6) is 1.63. The fourth-order valence-corrected chi connectivity index (χ4v) is 2.97. The molecule has 1 aliphatic carbocycles. The Balaban J connectivity index is 1.92. The molecule has 0 spiro atoms. The monoisotopic (exact) mass is 274 g/mol. The minimum absolute atomic E-state index is 0.0161. The first-order chi connectivity index (χ1) is 9.56. The Bertz CT molecular complexity index is 458. The predicted molar refractivity (Wildman–Crippen MR) is 83.6 cm³/mol. The van der Waals surface area contributed by atoms with E-state index in [0.717, 1.165) is 29.6 Å². The van der Waals surface area contributed by atoms with Crippen LogP contribution in [0.3, 0.4) is 0 Å². The van der Waals surface area contributed by atoms with E-state index in [-0.39, 0.29) is 5.91 Å². The van der Waals surface area contributed by atoms with Crippen molar-refractivity contribution in [1.29, 1.82) is 0 Å². The lowest BCUT2D eigenvalue weighted by Crippen LogP contribution is -2.35. The van der Waals surface area contributed by atoms with Crippen LogP contribution < -0.4 is 10.6 Å². The number of amides is 1. The number of anilines is 1. The molecule has 2 N–H and O–H groups in total. The number of para-hydroxylation sites is 1. The van der Waals surface area contributed by atoms with E-state index in [1.165, 1.54) is 19.3 Å². The average Bonchev–Trinajstić information content (AvgIpc) is 2.41. The summed E-state index contributed by atoms with van der Waals surface area (Å²) >= 11 is 0. The zero-order valence-corrected chi connectivity index (χ0v) is 12.8. The molecule has 1 aliphatic rings. The molecule has 1 aromatic rings. The summed E-state index contributed by atoms with van der Waals surface area (Å²) < 4.78 is 0. The lowest BCUT2D eigenvalue weighted by atomic mass is 9.79. The van der Waals surface area contributed by atoms with Crippen molar-refractivity contribution < 1.29 is 4.79 Å². The first kappa shape index (κ1) is 15.0. The minimum atomic E-state index is -0.0161. The summed E-state index contributed by atoms with van der Waals surface area (Å²) in [5, 5.41) is 6.55. The summed E-state index contributed by atoms with van der Waals surface area (Å²) in [6.45, 7) is 7.08.